The van der Waals surface area contributed by atoms with Gasteiger partial charge in [-0.1, -0.05) is 11.6 Å². The quantitative estimate of drug-likeness (QED) is 0.719. The molecular weight excluding hydrogens is 206 g/mol. The van der Waals surface area contributed by atoms with E-state index in [1.807, 2.05) is 19.1 Å². The second-order valence-electron chi connectivity index (χ2n) is 2.92. The Labute approximate surface area is 85.7 Å². The minimum absolute atomic E-state index is 0.133. The molecule has 0 unspecified atom stereocenters. The third kappa shape index (κ3) is 1.67. The molecule has 1 aliphatic rings. The van der Waals surface area contributed by atoms with E-state index in [9.17, 15) is 4.79 Å². The summed E-state index contributed by atoms with van der Waals surface area (Å²) in [6, 6.07) is 3.71. The van der Waals surface area contributed by atoms with E-state index in [4.69, 9.17) is 11.6 Å². The molecule has 0 fully saturated rings. The topological polar surface area (TPSA) is 29.1 Å². The largest absolute Gasteiger partial charge is 0.376 e. The van der Waals surface area contributed by atoms with Gasteiger partial charge in [0.2, 0.25) is 5.12 Å². The maximum atomic E-state index is 11.1. The van der Waals surface area contributed by atoms with Gasteiger partial charge in [-0.15, -0.1) is 0 Å². The molecule has 1 aromatic carbocycles. The zero-order valence-electron chi connectivity index (χ0n) is 7.06. The standard InChI is InChI=1S/C9H8ClNOS/c1-5-2-6(10)3-7-9(5)11-4-8(12)13-7/h2-3,11H,4H2,1H3. The molecule has 0 bridgehead atoms. The van der Waals surface area contributed by atoms with E-state index >= 15 is 0 Å². The first-order chi connectivity index (χ1) is 6.16. The fraction of sp³-hybridized carbons (Fsp3) is 0.222. The molecule has 1 aromatic rings. The van der Waals surface area contributed by atoms with Gasteiger partial charge in [-0.05, 0) is 36.4 Å². The molecule has 2 rings (SSSR count). The van der Waals surface area contributed by atoms with Crippen molar-refractivity contribution in [2.75, 3.05) is 11.9 Å². The molecule has 4 heteroatoms. The van der Waals surface area contributed by atoms with Crippen LogP contribution in [0.25, 0.3) is 0 Å². The Bertz CT molecular complexity index is 378. The predicted octanol–water partition coefficient (Wildman–Crippen LogP) is 2.69. The third-order valence-corrected chi connectivity index (χ3v) is 3.03. The Balaban J connectivity index is 2.53. The van der Waals surface area contributed by atoms with E-state index in [1.165, 1.54) is 11.8 Å². The first-order valence-electron chi connectivity index (χ1n) is 3.91. The van der Waals surface area contributed by atoms with E-state index in [0.717, 1.165) is 16.1 Å². The maximum absolute atomic E-state index is 11.1. The molecule has 0 saturated heterocycles. The van der Waals surface area contributed by atoms with Crippen LogP contribution in [-0.2, 0) is 4.79 Å². The molecule has 2 nitrogen and oxygen atoms in total. The number of hydrogen-bond donors (Lipinski definition) is 1. The number of halogens is 1. The Morgan fingerprint density at radius 3 is 3.08 bits per heavy atom. The monoisotopic (exact) mass is 213 g/mol. The summed E-state index contributed by atoms with van der Waals surface area (Å²) in [5.41, 5.74) is 2.12. The van der Waals surface area contributed by atoms with Crippen LogP contribution < -0.4 is 5.32 Å². The molecule has 1 heterocycles. The molecule has 0 atom stereocenters. The van der Waals surface area contributed by atoms with Crippen LogP contribution in [-0.4, -0.2) is 11.7 Å². The summed E-state index contributed by atoms with van der Waals surface area (Å²) >= 11 is 7.13. The summed E-state index contributed by atoms with van der Waals surface area (Å²) < 4.78 is 0. The number of benzene rings is 1. The number of anilines is 1. The summed E-state index contributed by atoms with van der Waals surface area (Å²) in [5.74, 6) is 0. The number of carbonyl (C=O) groups excluding carboxylic acids is 1. The van der Waals surface area contributed by atoms with Crippen LogP contribution in [0.4, 0.5) is 5.69 Å². The van der Waals surface area contributed by atoms with E-state index in [2.05, 4.69) is 5.32 Å². The van der Waals surface area contributed by atoms with Crippen molar-refractivity contribution in [3.8, 4) is 0 Å². The first kappa shape index (κ1) is 8.91. The Morgan fingerprint density at radius 1 is 1.54 bits per heavy atom. The van der Waals surface area contributed by atoms with Crippen molar-refractivity contribution in [2.24, 2.45) is 0 Å². The first-order valence-corrected chi connectivity index (χ1v) is 5.11. The highest BCUT2D eigenvalue weighted by Gasteiger charge is 2.17. The van der Waals surface area contributed by atoms with Gasteiger partial charge in [-0.25, -0.2) is 0 Å². The fourth-order valence-corrected chi connectivity index (χ4v) is 2.59. The van der Waals surface area contributed by atoms with Crippen LogP contribution in [0.3, 0.4) is 0 Å². The number of hydrogen-bond acceptors (Lipinski definition) is 3. The van der Waals surface area contributed by atoms with Crippen LogP contribution in [0.1, 0.15) is 5.56 Å². The average Bonchev–Trinajstić information content (AvgIpc) is 2.02. The summed E-state index contributed by atoms with van der Waals surface area (Å²) in [5, 5.41) is 3.89. The summed E-state index contributed by atoms with van der Waals surface area (Å²) in [6.07, 6.45) is 0. The van der Waals surface area contributed by atoms with Crippen LogP contribution >= 0.6 is 23.4 Å². The molecule has 68 valence electrons. The number of aryl methyl sites for hydroxylation is 1. The molecule has 0 radical (unpaired) electrons. The van der Waals surface area contributed by atoms with E-state index in [1.54, 1.807) is 0 Å². The van der Waals surface area contributed by atoms with Crippen molar-refractivity contribution in [2.45, 2.75) is 11.8 Å². The molecule has 0 saturated carbocycles. The van der Waals surface area contributed by atoms with Gasteiger partial charge in [-0.3, -0.25) is 4.79 Å². The van der Waals surface area contributed by atoms with Crippen LogP contribution in [0, 0.1) is 6.92 Å². The number of fused-ring (bicyclic) bond motifs is 1. The molecule has 0 aromatic heterocycles. The number of nitrogens with one attached hydrogen (secondary N) is 1. The van der Waals surface area contributed by atoms with Crippen LogP contribution in [0.5, 0.6) is 0 Å². The minimum Gasteiger partial charge on any atom is -0.376 e. The lowest BCUT2D eigenvalue weighted by Gasteiger charge is -2.18. The number of thioether (sulfide) groups is 1. The van der Waals surface area contributed by atoms with Crippen molar-refractivity contribution in [3.63, 3.8) is 0 Å². The van der Waals surface area contributed by atoms with Gasteiger partial charge in [0.1, 0.15) is 0 Å². The maximum Gasteiger partial charge on any atom is 0.212 e. The van der Waals surface area contributed by atoms with Crippen LogP contribution in [0.15, 0.2) is 17.0 Å². The lowest BCUT2D eigenvalue weighted by Crippen LogP contribution is -2.16. The molecule has 0 spiro atoms. The van der Waals surface area contributed by atoms with Gasteiger partial charge in [0.15, 0.2) is 0 Å². The van der Waals surface area contributed by atoms with E-state index in [0.29, 0.717) is 11.6 Å². The van der Waals surface area contributed by atoms with Gasteiger partial charge in [0.05, 0.1) is 12.2 Å². The molecule has 0 aliphatic carbocycles. The fourth-order valence-electron chi connectivity index (χ4n) is 1.34. The van der Waals surface area contributed by atoms with Gasteiger partial charge >= 0.3 is 0 Å². The Morgan fingerprint density at radius 2 is 2.31 bits per heavy atom. The van der Waals surface area contributed by atoms with E-state index < -0.39 is 0 Å². The molecule has 13 heavy (non-hydrogen) atoms. The second-order valence-corrected chi connectivity index (χ2v) is 4.46. The second kappa shape index (κ2) is 3.24. The smallest absolute Gasteiger partial charge is 0.212 e. The highest BCUT2D eigenvalue weighted by molar-refractivity contribution is 8.14. The summed E-state index contributed by atoms with van der Waals surface area (Å²) in [4.78, 5) is 12.0. The zero-order valence-corrected chi connectivity index (χ0v) is 8.63. The molecule has 0 amide bonds. The van der Waals surface area contributed by atoms with Gasteiger partial charge in [0, 0.05) is 9.92 Å². The van der Waals surface area contributed by atoms with E-state index in [-0.39, 0.29) is 5.12 Å². The number of rotatable bonds is 0. The van der Waals surface area contributed by atoms with Crippen LogP contribution in [0.2, 0.25) is 5.02 Å². The van der Waals surface area contributed by atoms with Crippen molar-refractivity contribution in [1.82, 2.24) is 0 Å². The number of carbonyl (C=O) groups is 1. The SMILES string of the molecule is Cc1cc(Cl)cc2c1NCC(=O)S2. The highest BCUT2D eigenvalue weighted by Crippen LogP contribution is 2.36. The molecular formula is C9H8ClNOS. The normalized spacial score (nSPS) is 15.1. The Kier molecular flexibility index (Phi) is 2.22. The van der Waals surface area contributed by atoms with Crippen molar-refractivity contribution < 1.29 is 4.79 Å². The zero-order chi connectivity index (χ0) is 9.42. The van der Waals surface area contributed by atoms with Gasteiger partial charge in [-0.2, -0.15) is 0 Å². The average molecular weight is 214 g/mol. The lowest BCUT2D eigenvalue weighted by atomic mass is 10.2. The van der Waals surface area contributed by atoms with Crippen molar-refractivity contribution in [3.05, 3.63) is 22.7 Å². The van der Waals surface area contributed by atoms with Gasteiger partial charge < -0.3 is 5.32 Å². The Hall–Kier alpha value is -0.670. The lowest BCUT2D eigenvalue weighted by molar-refractivity contribution is -0.109. The summed E-state index contributed by atoms with van der Waals surface area (Å²) in [6.45, 7) is 2.38. The van der Waals surface area contributed by atoms with Gasteiger partial charge in [0.25, 0.3) is 0 Å². The highest BCUT2D eigenvalue weighted by atomic mass is 35.5. The predicted molar refractivity (Wildman–Crippen MR) is 55.5 cm³/mol. The van der Waals surface area contributed by atoms with Crippen molar-refractivity contribution >= 4 is 34.2 Å². The minimum atomic E-state index is 0.133. The van der Waals surface area contributed by atoms with Crippen molar-refractivity contribution in [1.29, 1.82) is 0 Å². The molecule has 1 aliphatic heterocycles. The molecule has 1 N–H and O–H groups in total. The third-order valence-electron chi connectivity index (χ3n) is 1.90. The summed E-state index contributed by atoms with van der Waals surface area (Å²) in [7, 11) is 0.